The van der Waals surface area contributed by atoms with Gasteiger partial charge in [0.25, 0.3) is 0 Å². The molecule has 0 aromatic carbocycles. The van der Waals surface area contributed by atoms with Gasteiger partial charge < -0.3 is 14.2 Å². The Morgan fingerprint density at radius 1 is 0.404 bits per heavy atom. The Balaban J connectivity index is 4.30. The Morgan fingerprint density at radius 2 is 0.702 bits per heavy atom. The predicted octanol–water partition coefficient (Wildman–Crippen LogP) is 12.3. The van der Waals surface area contributed by atoms with Gasteiger partial charge in [-0.2, -0.15) is 0 Å². The third-order valence-electron chi connectivity index (χ3n) is 8.77. The maximum atomic E-state index is 12.6. The molecule has 0 N–H and O–H groups in total. The molecule has 0 heterocycles. The van der Waals surface area contributed by atoms with Crippen molar-refractivity contribution in [3.05, 3.63) is 12.2 Å². The molecule has 0 aliphatic carbocycles. The lowest BCUT2D eigenvalue weighted by Crippen LogP contribution is -2.30. The van der Waals surface area contributed by atoms with Gasteiger partial charge in [0.1, 0.15) is 13.2 Å². The zero-order chi connectivity index (χ0) is 34.5. The summed E-state index contributed by atoms with van der Waals surface area (Å²) >= 11 is 0. The lowest BCUT2D eigenvalue weighted by molar-refractivity contribution is -0.167. The predicted molar refractivity (Wildman–Crippen MR) is 196 cm³/mol. The number of carbonyl (C=O) groups is 3. The molecule has 0 aliphatic heterocycles. The Kier molecular flexibility index (Phi) is 35.5. The minimum absolute atomic E-state index is 0.0705. The molecule has 0 aromatic heterocycles. The molecule has 0 spiro atoms. The molecule has 0 saturated heterocycles. The number of carbonyl (C=O) groups excluding carboxylic acids is 3. The van der Waals surface area contributed by atoms with Crippen LogP contribution >= 0.6 is 0 Å². The standard InChI is InChI=1S/C41H76O6/c1-4-7-10-13-16-18-20-21-22-24-25-28-31-34-40(43)46-37-38(36-45-39(42)33-30-27-15-12-9-6-3)47-41(44)35-32-29-26-23-19-17-14-11-8-5-2/h18,20,38H,4-17,19,21-37H2,1-3H3/b20-18-. The number of ether oxygens (including phenoxy) is 3. The third-order valence-corrected chi connectivity index (χ3v) is 8.77. The van der Waals surface area contributed by atoms with Crippen molar-refractivity contribution in [2.24, 2.45) is 0 Å². The first-order valence-electron chi connectivity index (χ1n) is 20.2. The van der Waals surface area contributed by atoms with Gasteiger partial charge in [0, 0.05) is 19.3 Å². The molecule has 47 heavy (non-hydrogen) atoms. The molecule has 0 radical (unpaired) electrons. The summed E-state index contributed by atoms with van der Waals surface area (Å²) < 4.78 is 16.5. The third kappa shape index (κ3) is 35.3. The van der Waals surface area contributed by atoms with Crippen LogP contribution in [0.2, 0.25) is 0 Å². The van der Waals surface area contributed by atoms with Crippen LogP contribution in [0.4, 0.5) is 0 Å². The van der Waals surface area contributed by atoms with E-state index in [9.17, 15) is 14.4 Å². The van der Waals surface area contributed by atoms with Crippen LogP contribution in [-0.2, 0) is 28.6 Å². The summed E-state index contributed by atoms with van der Waals surface area (Å²) in [5.41, 5.74) is 0. The smallest absolute Gasteiger partial charge is 0.306 e. The molecule has 1 unspecified atom stereocenters. The van der Waals surface area contributed by atoms with E-state index in [4.69, 9.17) is 14.2 Å². The van der Waals surface area contributed by atoms with Crippen molar-refractivity contribution in [3.63, 3.8) is 0 Å². The summed E-state index contributed by atoms with van der Waals surface area (Å²) in [7, 11) is 0. The number of hydrogen-bond acceptors (Lipinski definition) is 6. The molecule has 0 aromatic rings. The SMILES string of the molecule is CCCCCC/C=C\CCCCCCCC(=O)OCC(COC(=O)CCCCCCCC)OC(=O)CCCCCCCCCCCC. The lowest BCUT2D eigenvalue weighted by Gasteiger charge is -2.18. The highest BCUT2D eigenvalue weighted by molar-refractivity contribution is 5.71. The Bertz CT molecular complexity index is 733. The topological polar surface area (TPSA) is 78.9 Å². The van der Waals surface area contributed by atoms with E-state index < -0.39 is 6.10 Å². The van der Waals surface area contributed by atoms with Crippen LogP contribution in [0.5, 0.6) is 0 Å². The molecule has 0 amide bonds. The van der Waals surface area contributed by atoms with E-state index in [1.165, 1.54) is 109 Å². The quantitative estimate of drug-likeness (QED) is 0.0287. The van der Waals surface area contributed by atoms with Gasteiger partial charge in [-0.15, -0.1) is 0 Å². The normalized spacial score (nSPS) is 12.0. The van der Waals surface area contributed by atoms with Crippen LogP contribution in [-0.4, -0.2) is 37.2 Å². The average Bonchev–Trinajstić information content (AvgIpc) is 3.06. The first-order valence-corrected chi connectivity index (χ1v) is 20.2. The first kappa shape index (κ1) is 45.2. The largest absolute Gasteiger partial charge is 0.462 e. The maximum Gasteiger partial charge on any atom is 0.306 e. The summed E-state index contributed by atoms with van der Waals surface area (Å²) in [5.74, 6) is -0.890. The van der Waals surface area contributed by atoms with E-state index in [2.05, 4.69) is 32.9 Å². The van der Waals surface area contributed by atoms with Gasteiger partial charge in [0.15, 0.2) is 6.10 Å². The van der Waals surface area contributed by atoms with Crippen LogP contribution < -0.4 is 0 Å². The molecule has 6 heteroatoms. The molecule has 0 rings (SSSR count). The second kappa shape index (κ2) is 37.0. The summed E-state index contributed by atoms with van der Waals surface area (Å²) in [6.07, 6.45) is 36.4. The van der Waals surface area contributed by atoms with Crippen LogP contribution in [0.1, 0.15) is 213 Å². The maximum absolute atomic E-state index is 12.6. The molecule has 0 saturated carbocycles. The van der Waals surface area contributed by atoms with Crippen molar-refractivity contribution >= 4 is 17.9 Å². The molecular weight excluding hydrogens is 588 g/mol. The van der Waals surface area contributed by atoms with Crippen LogP contribution in [0.25, 0.3) is 0 Å². The van der Waals surface area contributed by atoms with E-state index in [0.29, 0.717) is 19.3 Å². The molecule has 6 nitrogen and oxygen atoms in total. The monoisotopic (exact) mass is 665 g/mol. The summed E-state index contributed by atoms with van der Waals surface area (Å²) in [5, 5.41) is 0. The lowest BCUT2D eigenvalue weighted by atomic mass is 10.1. The van der Waals surface area contributed by atoms with E-state index >= 15 is 0 Å². The summed E-state index contributed by atoms with van der Waals surface area (Å²) in [4.78, 5) is 37.3. The van der Waals surface area contributed by atoms with Crippen molar-refractivity contribution in [2.75, 3.05) is 13.2 Å². The second-order valence-electron chi connectivity index (χ2n) is 13.6. The highest BCUT2D eigenvalue weighted by Crippen LogP contribution is 2.14. The van der Waals surface area contributed by atoms with Gasteiger partial charge >= 0.3 is 17.9 Å². The second-order valence-corrected chi connectivity index (χ2v) is 13.6. The fraction of sp³-hybridized carbons (Fsp3) is 0.878. The number of unbranched alkanes of at least 4 members (excludes halogenated alkanes) is 23. The Labute approximate surface area is 290 Å². The number of esters is 3. The van der Waals surface area contributed by atoms with E-state index in [1.807, 2.05) is 0 Å². The fourth-order valence-electron chi connectivity index (χ4n) is 5.67. The van der Waals surface area contributed by atoms with Gasteiger partial charge in [-0.1, -0.05) is 161 Å². The van der Waals surface area contributed by atoms with Crippen LogP contribution in [0.15, 0.2) is 12.2 Å². The molecule has 1 atom stereocenters. The minimum atomic E-state index is -0.761. The van der Waals surface area contributed by atoms with E-state index in [-0.39, 0.29) is 31.1 Å². The Morgan fingerprint density at radius 3 is 1.09 bits per heavy atom. The zero-order valence-corrected chi connectivity index (χ0v) is 31.3. The van der Waals surface area contributed by atoms with Crippen LogP contribution in [0, 0.1) is 0 Å². The fourth-order valence-corrected chi connectivity index (χ4v) is 5.67. The van der Waals surface area contributed by atoms with Crippen molar-refractivity contribution < 1.29 is 28.6 Å². The van der Waals surface area contributed by atoms with Gasteiger partial charge in [-0.25, -0.2) is 0 Å². The van der Waals surface area contributed by atoms with Gasteiger partial charge in [-0.05, 0) is 44.9 Å². The first-order chi connectivity index (χ1) is 23.0. The molecule has 0 fully saturated rings. The van der Waals surface area contributed by atoms with Gasteiger partial charge in [0.2, 0.25) is 0 Å². The zero-order valence-electron chi connectivity index (χ0n) is 31.3. The van der Waals surface area contributed by atoms with E-state index in [0.717, 1.165) is 64.2 Å². The Hall–Kier alpha value is -1.85. The molecule has 0 aliphatic rings. The highest BCUT2D eigenvalue weighted by atomic mass is 16.6. The van der Waals surface area contributed by atoms with Crippen LogP contribution in [0.3, 0.4) is 0 Å². The summed E-state index contributed by atoms with van der Waals surface area (Å²) in [6, 6.07) is 0. The van der Waals surface area contributed by atoms with Crippen molar-refractivity contribution in [2.45, 2.75) is 219 Å². The molecular formula is C41H76O6. The van der Waals surface area contributed by atoms with Crippen molar-refractivity contribution in [1.82, 2.24) is 0 Å². The molecule has 0 bridgehead atoms. The van der Waals surface area contributed by atoms with Crippen molar-refractivity contribution in [1.29, 1.82) is 0 Å². The minimum Gasteiger partial charge on any atom is -0.462 e. The molecule has 276 valence electrons. The van der Waals surface area contributed by atoms with E-state index in [1.54, 1.807) is 0 Å². The van der Waals surface area contributed by atoms with Gasteiger partial charge in [-0.3, -0.25) is 14.4 Å². The highest BCUT2D eigenvalue weighted by Gasteiger charge is 2.19. The number of rotatable bonds is 36. The van der Waals surface area contributed by atoms with Crippen molar-refractivity contribution in [3.8, 4) is 0 Å². The number of hydrogen-bond donors (Lipinski definition) is 0. The summed E-state index contributed by atoms with van der Waals surface area (Å²) in [6.45, 7) is 6.53. The van der Waals surface area contributed by atoms with Gasteiger partial charge in [0.05, 0.1) is 0 Å². The number of allylic oxidation sites excluding steroid dienone is 2. The average molecular weight is 665 g/mol.